The van der Waals surface area contributed by atoms with Crippen LogP contribution in [-0.4, -0.2) is 35.8 Å². The quantitative estimate of drug-likeness (QED) is 0.445. The second-order valence-corrected chi connectivity index (χ2v) is 8.13. The van der Waals surface area contributed by atoms with Crippen LogP contribution in [0.25, 0.3) is 10.8 Å². The van der Waals surface area contributed by atoms with Crippen molar-refractivity contribution < 1.29 is 28.7 Å². The van der Waals surface area contributed by atoms with Crippen molar-refractivity contribution in [3.63, 3.8) is 0 Å². The van der Waals surface area contributed by atoms with Gasteiger partial charge in [0.15, 0.2) is 6.10 Å². The Hall–Kier alpha value is -4.53. The van der Waals surface area contributed by atoms with Gasteiger partial charge in [-0.2, -0.15) is 0 Å². The lowest BCUT2D eigenvalue weighted by Crippen LogP contribution is -2.45. The first kappa shape index (κ1) is 22.7. The van der Waals surface area contributed by atoms with Crippen LogP contribution in [0.1, 0.15) is 44.9 Å². The highest BCUT2D eigenvalue weighted by Gasteiger charge is 2.34. The van der Waals surface area contributed by atoms with Crippen LogP contribution < -0.4 is 16.0 Å². The SMILES string of the molecule is CC(C)C(OC(=O)c1ccc(N2C(=O)c3cccc4cccc(c34)C2=O)cc1)C(=O)NC(N)=O. The molecule has 0 aliphatic carbocycles. The average molecular weight is 459 g/mol. The summed E-state index contributed by atoms with van der Waals surface area (Å²) < 4.78 is 5.27. The molecule has 172 valence electrons. The molecule has 34 heavy (non-hydrogen) atoms. The van der Waals surface area contributed by atoms with Gasteiger partial charge in [0.1, 0.15) is 0 Å². The molecule has 0 saturated heterocycles. The maximum Gasteiger partial charge on any atom is 0.338 e. The molecule has 1 heterocycles. The number of nitrogens with one attached hydrogen (secondary N) is 1. The molecule has 1 aliphatic rings. The minimum absolute atomic E-state index is 0.0979. The summed E-state index contributed by atoms with van der Waals surface area (Å²) in [5.41, 5.74) is 6.17. The van der Waals surface area contributed by atoms with E-state index in [2.05, 4.69) is 0 Å². The molecule has 5 amide bonds. The highest BCUT2D eigenvalue weighted by atomic mass is 16.5. The van der Waals surface area contributed by atoms with Crippen molar-refractivity contribution in [2.45, 2.75) is 20.0 Å². The van der Waals surface area contributed by atoms with E-state index in [0.29, 0.717) is 16.5 Å². The smallest absolute Gasteiger partial charge is 0.338 e. The van der Waals surface area contributed by atoms with Crippen molar-refractivity contribution >= 4 is 46.2 Å². The molecule has 0 fully saturated rings. The number of hydrogen-bond acceptors (Lipinski definition) is 6. The molecule has 0 saturated carbocycles. The Morgan fingerprint density at radius 1 is 0.882 bits per heavy atom. The fourth-order valence-corrected chi connectivity index (χ4v) is 3.88. The maximum atomic E-state index is 13.1. The fraction of sp³-hybridized carbons (Fsp3) is 0.160. The Bertz CT molecular complexity index is 1300. The number of esters is 1. The van der Waals surface area contributed by atoms with Crippen LogP contribution in [0.15, 0.2) is 60.7 Å². The van der Waals surface area contributed by atoms with Crippen LogP contribution >= 0.6 is 0 Å². The van der Waals surface area contributed by atoms with E-state index in [0.717, 1.165) is 10.3 Å². The molecule has 1 atom stereocenters. The van der Waals surface area contributed by atoms with Crippen molar-refractivity contribution in [1.29, 1.82) is 0 Å². The van der Waals surface area contributed by atoms with Gasteiger partial charge in [0.25, 0.3) is 17.7 Å². The van der Waals surface area contributed by atoms with Gasteiger partial charge in [-0.1, -0.05) is 38.1 Å². The standard InChI is InChI=1S/C25H21N3O6/c1-13(2)20(21(29)27-25(26)33)34-24(32)15-9-11-16(12-10-15)28-22(30)17-7-3-5-14-6-4-8-18(19(14)17)23(28)31/h3-13,20H,1-2H3,(H3,26,27,29,33). The summed E-state index contributed by atoms with van der Waals surface area (Å²) >= 11 is 0. The van der Waals surface area contributed by atoms with Gasteiger partial charge in [-0.15, -0.1) is 0 Å². The maximum absolute atomic E-state index is 13.1. The van der Waals surface area contributed by atoms with Gasteiger partial charge < -0.3 is 10.5 Å². The number of hydrogen-bond donors (Lipinski definition) is 2. The summed E-state index contributed by atoms with van der Waals surface area (Å²) in [6.07, 6.45) is -1.23. The third kappa shape index (κ3) is 3.99. The summed E-state index contributed by atoms with van der Waals surface area (Å²) in [5.74, 6) is -2.99. The van der Waals surface area contributed by atoms with Crippen molar-refractivity contribution in [2.24, 2.45) is 11.7 Å². The molecule has 4 rings (SSSR count). The molecule has 3 N–H and O–H groups in total. The van der Waals surface area contributed by atoms with E-state index in [1.54, 1.807) is 38.1 Å². The number of benzene rings is 3. The van der Waals surface area contributed by atoms with Crippen LogP contribution in [0.4, 0.5) is 10.5 Å². The third-order valence-electron chi connectivity index (χ3n) is 5.48. The van der Waals surface area contributed by atoms with Gasteiger partial charge in [-0.25, -0.2) is 14.5 Å². The van der Waals surface area contributed by atoms with E-state index in [4.69, 9.17) is 10.5 Å². The average Bonchev–Trinajstić information content (AvgIpc) is 2.80. The van der Waals surface area contributed by atoms with Gasteiger partial charge in [0.05, 0.1) is 11.3 Å². The lowest BCUT2D eigenvalue weighted by molar-refractivity contribution is -0.130. The minimum atomic E-state index is -1.23. The molecule has 1 unspecified atom stereocenters. The largest absolute Gasteiger partial charge is 0.448 e. The minimum Gasteiger partial charge on any atom is -0.448 e. The lowest BCUT2D eigenvalue weighted by Gasteiger charge is -2.27. The molecule has 1 aliphatic heterocycles. The van der Waals surface area contributed by atoms with E-state index in [1.807, 2.05) is 17.4 Å². The van der Waals surface area contributed by atoms with Crippen LogP contribution in [0.3, 0.4) is 0 Å². The molecule has 3 aromatic carbocycles. The zero-order valence-corrected chi connectivity index (χ0v) is 18.4. The second kappa shape index (κ2) is 8.78. The molecule has 0 aromatic heterocycles. The number of carbonyl (C=O) groups is 5. The highest BCUT2D eigenvalue weighted by molar-refractivity contribution is 6.35. The van der Waals surface area contributed by atoms with Gasteiger partial charge in [-0.3, -0.25) is 19.7 Å². The van der Waals surface area contributed by atoms with E-state index in [9.17, 15) is 24.0 Å². The van der Waals surface area contributed by atoms with Gasteiger partial charge in [-0.05, 0) is 47.7 Å². The fourth-order valence-electron chi connectivity index (χ4n) is 3.88. The Labute approximate surface area is 194 Å². The van der Waals surface area contributed by atoms with Crippen molar-refractivity contribution in [3.8, 4) is 0 Å². The first-order valence-corrected chi connectivity index (χ1v) is 10.5. The predicted octanol–water partition coefficient (Wildman–Crippen LogP) is 3.02. The van der Waals surface area contributed by atoms with Gasteiger partial charge in [0, 0.05) is 16.5 Å². The number of primary amides is 1. The zero-order valence-electron chi connectivity index (χ0n) is 18.4. The van der Waals surface area contributed by atoms with Crippen LogP contribution in [0, 0.1) is 5.92 Å². The molecular formula is C25H21N3O6. The van der Waals surface area contributed by atoms with Crippen molar-refractivity contribution in [3.05, 3.63) is 77.4 Å². The Kier molecular flexibility index (Phi) is 5.85. The molecular weight excluding hydrogens is 438 g/mol. The molecule has 0 bridgehead atoms. The molecule has 9 nitrogen and oxygen atoms in total. The number of urea groups is 1. The van der Waals surface area contributed by atoms with E-state index in [1.165, 1.54) is 24.3 Å². The number of nitrogens with two attached hydrogens (primary N) is 1. The number of rotatable bonds is 5. The van der Waals surface area contributed by atoms with Crippen LogP contribution in [0.2, 0.25) is 0 Å². The lowest BCUT2D eigenvalue weighted by atomic mass is 9.93. The van der Waals surface area contributed by atoms with Gasteiger partial charge >= 0.3 is 12.0 Å². The van der Waals surface area contributed by atoms with Crippen LogP contribution in [-0.2, 0) is 9.53 Å². The number of nitrogens with zero attached hydrogens (tertiary/aromatic N) is 1. The third-order valence-corrected chi connectivity index (χ3v) is 5.48. The summed E-state index contributed by atoms with van der Waals surface area (Å²) in [7, 11) is 0. The number of imide groups is 2. The predicted molar refractivity (Wildman–Crippen MR) is 123 cm³/mol. The van der Waals surface area contributed by atoms with E-state index < -0.39 is 41.7 Å². The number of carbonyl (C=O) groups excluding carboxylic acids is 5. The highest BCUT2D eigenvalue weighted by Crippen LogP contribution is 2.32. The Balaban J connectivity index is 1.59. The molecule has 0 spiro atoms. The first-order chi connectivity index (χ1) is 16.2. The summed E-state index contributed by atoms with van der Waals surface area (Å²) in [5, 5.41) is 3.32. The normalized spacial score (nSPS) is 13.7. The summed E-state index contributed by atoms with van der Waals surface area (Å²) in [6.45, 7) is 3.29. The summed E-state index contributed by atoms with van der Waals surface area (Å²) in [6, 6.07) is 15.2. The number of amides is 5. The number of anilines is 1. The Morgan fingerprint density at radius 2 is 1.44 bits per heavy atom. The van der Waals surface area contributed by atoms with Crippen molar-refractivity contribution in [1.82, 2.24) is 5.32 Å². The Morgan fingerprint density at radius 3 is 1.94 bits per heavy atom. The molecule has 3 aromatic rings. The van der Waals surface area contributed by atoms with E-state index in [-0.39, 0.29) is 11.3 Å². The van der Waals surface area contributed by atoms with E-state index >= 15 is 0 Å². The molecule has 0 radical (unpaired) electrons. The van der Waals surface area contributed by atoms with Crippen LogP contribution in [0.5, 0.6) is 0 Å². The van der Waals surface area contributed by atoms with Crippen molar-refractivity contribution in [2.75, 3.05) is 4.90 Å². The first-order valence-electron chi connectivity index (χ1n) is 10.5. The topological polar surface area (TPSA) is 136 Å². The zero-order chi connectivity index (χ0) is 24.6. The number of ether oxygens (including phenoxy) is 1. The molecule has 9 heteroatoms. The monoisotopic (exact) mass is 459 g/mol. The van der Waals surface area contributed by atoms with Gasteiger partial charge in [0.2, 0.25) is 0 Å². The second-order valence-electron chi connectivity index (χ2n) is 8.13. The summed E-state index contributed by atoms with van der Waals surface area (Å²) in [4.78, 5) is 63.0.